The van der Waals surface area contributed by atoms with Crippen molar-refractivity contribution >= 4 is 11.9 Å². The number of carboxylic acids is 1. The number of carboxylic acid groups (broad SMARTS) is 1. The molecule has 4 rings (SSSR count). The standard InChI is InChI=1S/C20H29N3O4/c1-13(2)17-7-16(21-27-17)10-22-8-15-9-23(12-20(15,11-22)19(25)26)18(24)14-5-3-4-6-14/h7,13-15H,3-6,8-12H2,1-2H3,(H,25,26)/t15-,20-/m0/s1. The smallest absolute Gasteiger partial charge is 0.313 e. The van der Waals surface area contributed by atoms with Crippen molar-refractivity contribution in [1.82, 2.24) is 15.0 Å². The predicted octanol–water partition coefficient (Wildman–Crippen LogP) is 2.33. The molecule has 148 valence electrons. The molecule has 0 bridgehead atoms. The fraction of sp³-hybridized carbons (Fsp3) is 0.750. The normalized spacial score (nSPS) is 29.0. The van der Waals surface area contributed by atoms with Gasteiger partial charge in [0, 0.05) is 56.5 Å². The highest BCUT2D eigenvalue weighted by Gasteiger charge is 2.58. The van der Waals surface area contributed by atoms with E-state index in [1.165, 1.54) is 0 Å². The summed E-state index contributed by atoms with van der Waals surface area (Å²) in [4.78, 5) is 29.0. The van der Waals surface area contributed by atoms with Gasteiger partial charge in [0.15, 0.2) is 0 Å². The van der Waals surface area contributed by atoms with Crippen molar-refractivity contribution < 1.29 is 19.2 Å². The van der Waals surface area contributed by atoms with Gasteiger partial charge in [-0.1, -0.05) is 31.8 Å². The Morgan fingerprint density at radius 2 is 2.04 bits per heavy atom. The molecule has 1 aromatic rings. The van der Waals surface area contributed by atoms with Gasteiger partial charge in [0.25, 0.3) is 0 Å². The van der Waals surface area contributed by atoms with E-state index in [1.807, 2.05) is 11.0 Å². The summed E-state index contributed by atoms with van der Waals surface area (Å²) in [6, 6.07) is 1.96. The number of likely N-dealkylation sites (tertiary alicyclic amines) is 2. The van der Waals surface area contributed by atoms with E-state index in [0.717, 1.165) is 37.1 Å². The summed E-state index contributed by atoms with van der Waals surface area (Å²) in [7, 11) is 0. The molecule has 0 radical (unpaired) electrons. The van der Waals surface area contributed by atoms with Crippen LogP contribution in [0.3, 0.4) is 0 Å². The monoisotopic (exact) mass is 375 g/mol. The number of carbonyl (C=O) groups is 2. The van der Waals surface area contributed by atoms with E-state index < -0.39 is 11.4 Å². The van der Waals surface area contributed by atoms with Crippen molar-refractivity contribution in [3.8, 4) is 0 Å². The highest BCUT2D eigenvalue weighted by atomic mass is 16.5. The molecule has 7 nitrogen and oxygen atoms in total. The lowest BCUT2D eigenvalue weighted by Gasteiger charge is -2.26. The Labute approximate surface area is 159 Å². The number of rotatable bonds is 5. The largest absolute Gasteiger partial charge is 0.481 e. The Kier molecular flexibility index (Phi) is 4.74. The van der Waals surface area contributed by atoms with Crippen LogP contribution in [0.1, 0.15) is 56.9 Å². The number of nitrogens with zero attached hydrogens (tertiary/aromatic N) is 3. The molecule has 7 heteroatoms. The van der Waals surface area contributed by atoms with Gasteiger partial charge in [-0.15, -0.1) is 0 Å². The molecule has 3 aliphatic rings. The summed E-state index contributed by atoms with van der Waals surface area (Å²) in [6.45, 7) is 6.76. The van der Waals surface area contributed by atoms with Gasteiger partial charge in [-0.05, 0) is 12.8 Å². The first-order valence-electron chi connectivity index (χ1n) is 10.1. The van der Waals surface area contributed by atoms with Gasteiger partial charge in [0.05, 0.1) is 5.69 Å². The molecular weight excluding hydrogens is 346 g/mol. The van der Waals surface area contributed by atoms with Crippen LogP contribution in [0.4, 0.5) is 0 Å². The third-order valence-corrected chi connectivity index (χ3v) is 6.65. The van der Waals surface area contributed by atoms with E-state index in [9.17, 15) is 14.7 Å². The van der Waals surface area contributed by atoms with Crippen LogP contribution < -0.4 is 0 Å². The van der Waals surface area contributed by atoms with Crippen molar-refractivity contribution in [1.29, 1.82) is 0 Å². The highest BCUT2D eigenvalue weighted by molar-refractivity contribution is 5.83. The van der Waals surface area contributed by atoms with Crippen LogP contribution in [0.25, 0.3) is 0 Å². The first-order valence-corrected chi connectivity index (χ1v) is 10.1. The summed E-state index contributed by atoms with van der Waals surface area (Å²) in [5, 5.41) is 14.1. The zero-order chi connectivity index (χ0) is 19.2. The van der Waals surface area contributed by atoms with Crippen LogP contribution in [0, 0.1) is 17.3 Å². The lowest BCUT2D eigenvalue weighted by Crippen LogP contribution is -2.43. The molecule has 27 heavy (non-hydrogen) atoms. The van der Waals surface area contributed by atoms with Gasteiger partial charge in [-0.2, -0.15) is 0 Å². The zero-order valence-electron chi connectivity index (χ0n) is 16.2. The first-order chi connectivity index (χ1) is 12.9. The van der Waals surface area contributed by atoms with E-state index in [4.69, 9.17) is 4.52 Å². The zero-order valence-corrected chi connectivity index (χ0v) is 16.2. The molecule has 0 aromatic carbocycles. The molecule has 3 heterocycles. The Bertz CT molecular complexity index is 725. The third kappa shape index (κ3) is 3.26. The molecule has 1 N–H and O–H groups in total. The molecule has 2 saturated heterocycles. The minimum absolute atomic E-state index is 0.0168. The average Bonchev–Trinajstić information content (AvgIpc) is 3.37. The SMILES string of the molecule is CC(C)c1cc(CN2C[C@H]3CN(C(=O)C4CCCC4)C[C@@]3(C(=O)O)C2)no1. The van der Waals surface area contributed by atoms with Gasteiger partial charge in [-0.3, -0.25) is 14.5 Å². The van der Waals surface area contributed by atoms with Gasteiger partial charge in [0.1, 0.15) is 11.2 Å². The number of aliphatic carboxylic acids is 1. The number of carbonyl (C=O) groups excluding carboxylic acids is 1. The summed E-state index contributed by atoms with van der Waals surface area (Å²) < 4.78 is 5.36. The number of fused-ring (bicyclic) bond motifs is 1. The van der Waals surface area contributed by atoms with E-state index in [-0.39, 0.29) is 23.7 Å². The number of aromatic nitrogens is 1. The van der Waals surface area contributed by atoms with E-state index >= 15 is 0 Å². The third-order valence-electron chi connectivity index (χ3n) is 6.65. The van der Waals surface area contributed by atoms with E-state index in [0.29, 0.717) is 32.7 Å². The second-order valence-electron chi connectivity index (χ2n) is 8.90. The number of amides is 1. The minimum Gasteiger partial charge on any atom is -0.481 e. The molecule has 1 aliphatic carbocycles. The Morgan fingerprint density at radius 1 is 1.30 bits per heavy atom. The second-order valence-corrected chi connectivity index (χ2v) is 8.90. The van der Waals surface area contributed by atoms with Crippen molar-refractivity contribution in [2.24, 2.45) is 17.3 Å². The fourth-order valence-corrected chi connectivity index (χ4v) is 5.09. The predicted molar refractivity (Wildman–Crippen MR) is 98.0 cm³/mol. The maximum Gasteiger partial charge on any atom is 0.313 e. The molecule has 3 fully saturated rings. The summed E-state index contributed by atoms with van der Waals surface area (Å²) in [5.74, 6) is 0.620. The maximum absolute atomic E-state index is 12.8. The molecular formula is C20H29N3O4. The fourth-order valence-electron chi connectivity index (χ4n) is 5.09. The number of hydrogen-bond acceptors (Lipinski definition) is 5. The maximum atomic E-state index is 12.8. The Balaban J connectivity index is 1.44. The topological polar surface area (TPSA) is 86.9 Å². The molecule has 1 aromatic heterocycles. The highest BCUT2D eigenvalue weighted by Crippen LogP contribution is 2.44. The molecule has 0 spiro atoms. The number of hydrogen-bond donors (Lipinski definition) is 1. The molecule has 2 atom stereocenters. The van der Waals surface area contributed by atoms with Crippen molar-refractivity contribution in [2.45, 2.75) is 52.0 Å². The van der Waals surface area contributed by atoms with Gasteiger partial charge in [0.2, 0.25) is 5.91 Å². The van der Waals surface area contributed by atoms with Crippen LogP contribution in [-0.2, 0) is 16.1 Å². The Morgan fingerprint density at radius 3 is 2.63 bits per heavy atom. The van der Waals surface area contributed by atoms with Crippen LogP contribution in [-0.4, -0.2) is 58.1 Å². The van der Waals surface area contributed by atoms with Crippen molar-refractivity contribution in [2.75, 3.05) is 26.2 Å². The van der Waals surface area contributed by atoms with Gasteiger partial charge < -0.3 is 14.5 Å². The van der Waals surface area contributed by atoms with Crippen LogP contribution in [0.5, 0.6) is 0 Å². The van der Waals surface area contributed by atoms with Gasteiger partial charge in [-0.25, -0.2) is 0 Å². The van der Waals surface area contributed by atoms with Crippen molar-refractivity contribution in [3.05, 3.63) is 17.5 Å². The summed E-state index contributed by atoms with van der Waals surface area (Å²) in [5.41, 5.74) is -0.00287. The van der Waals surface area contributed by atoms with E-state index in [2.05, 4.69) is 23.9 Å². The first kappa shape index (κ1) is 18.5. The molecule has 2 aliphatic heterocycles. The lowest BCUT2D eigenvalue weighted by molar-refractivity contribution is -0.149. The quantitative estimate of drug-likeness (QED) is 0.850. The molecule has 0 unspecified atom stereocenters. The van der Waals surface area contributed by atoms with E-state index in [1.54, 1.807) is 0 Å². The minimum atomic E-state index is -0.848. The summed E-state index contributed by atoms with van der Waals surface area (Å²) >= 11 is 0. The molecule has 1 amide bonds. The Hall–Kier alpha value is -1.89. The van der Waals surface area contributed by atoms with Crippen LogP contribution in [0.15, 0.2) is 10.6 Å². The summed E-state index contributed by atoms with van der Waals surface area (Å²) in [6.07, 6.45) is 4.14. The average molecular weight is 375 g/mol. The van der Waals surface area contributed by atoms with Crippen LogP contribution >= 0.6 is 0 Å². The van der Waals surface area contributed by atoms with Crippen molar-refractivity contribution in [3.63, 3.8) is 0 Å². The second kappa shape index (κ2) is 6.93. The van der Waals surface area contributed by atoms with Gasteiger partial charge >= 0.3 is 5.97 Å². The molecule has 1 saturated carbocycles. The lowest BCUT2D eigenvalue weighted by atomic mass is 9.81. The van der Waals surface area contributed by atoms with Crippen LogP contribution in [0.2, 0.25) is 0 Å².